The highest BCUT2D eigenvalue weighted by atomic mass is 32.2. The number of fused-ring (bicyclic) bond motifs is 1. The summed E-state index contributed by atoms with van der Waals surface area (Å²) in [5, 5.41) is 10.9. The number of benzene rings is 2. The van der Waals surface area contributed by atoms with Gasteiger partial charge in [0.2, 0.25) is 5.91 Å². The molecule has 0 saturated heterocycles. The van der Waals surface area contributed by atoms with E-state index in [1.807, 2.05) is 37.3 Å². The summed E-state index contributed by atoms with van der Waals surface area (Å²) in [4.78, 5) is 14.7. The van der Waals surface area contributed by atoms with Gasteiger partial charge in [-0.25, -0.2) is 0 Å². The molecule has 2 aromatic carbocycles. The van der Waals surface area contributed by atoms with E-state index in [9.17, 15) is 4.79 Å². The van der Waals surface area contributed by atoms with Crippen molar-refractivity contribution in [1.82, 2.24) is 19.3 Å². The van der Waals surface area contributed by atoms with Crippen LogP contribution in [0.1, 0.15) is 20.8 Å². The Balaban J connectivity index is 1.59. The van der Waals surface area contributed by atoms with Gasteiger partial charge in [0.05, 0.1) is 5.75 Å². The molecule has 0 aliphatic carbocycles. The second kappa shape index (κ2) is 9.39. The largest absolute Gasteiger partial charge is 0.347 e. The van der Waals surface area contributed by atoms with Gasteiger partial charge < -0.3 is 14.0 Å². The number of rotatable bonds is 8. The first-order chi connectivity index (χ1) is 15.2. The highest BCUT2D eigenvalue weighted by Crippen LogP contribution is 2.32. The molecule has 6 nitrogen and oxygen atoms in total. The van der Waals surface area contributed by atoms with Crippen molar-refractivity contribution in [2.24, 2.45) is 0 Å². The molecule has 0 bridgehead atoms. The molecule has 0 saturated carbocycles. The van der Waals surface area contributed by atoms with Gasteiger partial charge in [-0.3, -0.25) is 4.79 Å². The van der Waals surface area contributed by atoms with Crippen molar-refractivity contribution in [3.8, 4) is 11.4 Å². The standard InChI is InChI=1S/C24H27N5OS/c1-4-27-16-20(19-14-10-11-15-21(19)27)23-25-26-24(29(23)6-3)31-17-22(30)28(5-2)18-12-8-7-9-13-18/h7-16H,4-6,17H2,1-3H3. The number of para-hydroxylation sites is 2. The minimum atomic E-state index is 0.0634. The lowest BCUT2D eigenvalue weighted by Gasteiger charge is -2.20. The number of aryl methyl sites for hydroxylation is 1. The van der Waals surface area contributed by atoms with E-state index in [1.165, 1.54) is 22.7 Å². The van der Waals surface area contributed by atoms with E-state index in [2.05, 4.69) is 63.6 Å². The van der Waals surface area contributed by atoms with E-state index >= 15 is 0 Å². The average Bonchev–Trinajstić information content (AvgIpc) is 3.39. The van der Waals surface area contributed by atoms with Crippen LogP contribution in [0.25, 0.3) is 22.3 Å². The van der Waals surface area contributed by atoms with Crippen molar-refractivity contribution in [1.29, 1.82) is 0 Å². The Bertz CT molecular complexity index is 1180. The van der Waals surface area contributed by atoms with Gasteiger partial charge >= 0.3 is 0 Å². The number of hydrogen-bond donors (Lipinski definition) is 0. The highest BCUT2D eigenvalue weighted by molar-refractivity contribution is 7.99. The molecule has 0 aliphatic rings. The zero-order chi connectivity index (χ0) is 21.8. The Hall–Kier alpha value is -3.06. The Morgan fingerprint density at radius 3 is 2.42 bits per heavy atom. The minimum Gasteiger partial charge on any atom is -0.347 e. The lowest BCUT2D eigenvalue weighted by molar-refractivity contribution is -0.116. The molecule has 1 amide bonds. The molecular formula is C24H27N5OS. The fourth-order valence-electron chi connectivity index (χ4n) is 3.88. The van der Waals surface area contributed by atoms with Crippen LogP contribution in [0, 0.1) is 0 Å². The second-order valence-corrected chi connectivity index (χ2v) is 8.10. The first-order valence-corrected chi connectivity index (χ1v) is 11.7. The molecule has 0 aliphatic heterocycles. The molecule has 31 heavy (non-hydrogen) atoms. The predicted molar refractivity (Wildman–Crippen MR) is 127 cm³/mol. The zero-order valence-electron chi connectivity index (χ0n) is 18.2. The average molecular weight is 434 g/mol. The van der Waals surface area contributed by atoms with Gasteiger partial charge in [-0.15, -0.1) is 10.2 Å². The van der Waals surface area contributed by atoms with Crippen molar-refractivity contribution in [2.45, 2.75) is 39.0 Å². The summed E-state index contributed by atoms with van der Waals surface area (Å²) in [5.74, 6) is 1.22. The summed E-state index contributed by atoms with van der Waals surface area (Å²) < 4.78 is 4.33. The minimum absolute atomic E-state index is 0.0634. The lowest BCUT2D eigenvalue weighted by atomic mass is 10.1. The summed E-state index contributed by atoms with van der Waals surface area (Å²) in [6.45, 7) is 8.47. The normalized spacial score (nSPS) is 11.2. The molecule has 160 valence electrons. The molecule has 0 spiro atoms. The monoisotopic (exact) mass is 433 g/mol. The van der Waals surface area contributed by atoms with Gasteiger partial charge in [0.1, 0.15) is 0 Å². The molecule has 0 N–H and O–H groups in total. The Kier molecular flexibility index (Phi) is 6.42. The number of amides is 1. The molecule has 2 heterocycles. The first kappa shape index (κ1) is 21.2. The van der Waals surface area contributed by atoms with Crippen molar-refractivity contribution in [3.05, 3.63) is 60.8 Å². The fourth-order valence-corrected chi connectivity index (χ4v) is 4.76. The Labute approximate surface area is 186 Å². The van der Waals surface area contributed by atoms with Crippen LogP contribution in [0.2, 0.25) is 0 Å². The summed E-state index contributed by atoms with van der Waals surface area (Å²) in [6.07, 6.45) is 2.15. The third-order valence-corrected chi connectivity index (χ3v) is 6.36. The number of hydrogen-bond acceptors (Lipinski definition) is 4. The third kappa shape index (κ3) is 4.10. The molecule has 0 fully saturated rings. The van der Waals surface area contributed by atoms with Crippen molar-refractivity contribution in [2.75, 3.05) is 17.2 Å². The van der Waals surface area contributed by atoms with Crippen LogP contribution in [-0.4, -0.2) is 37.5 Å². The molecule has 7 heteroatoms. The third-order valence-electron chi connectivity index (χ3n) is 5.41. The number of carbonyl (C=O) groups excluding carboxylic acids is 1. The number of nitrogens with zero attached hydrogens (tertiary/aromatic N) is 5. The molecule has 4 rings (SSSR count). The van der Waals surface area contributed by atoms with Gasteiger partial charge in [0, 0.05) is 48.0 Å². The topological polar surface area (TPSA) is 56.0 Å². The van der Waals surface area contributed by atoms with Crippen LogP contribution in [0.15, 0.2) is 66.0 Å². The maximum absolute atomic E-state index is 12.9. The quantitative estimate of drug-likeness (QED) is 0.364. The summed E-state index contributed by atoms with van der Waals surface area (Å²) >= 11 is 1.44. The molecule has 0 unspecified atom stereocenters. The summed E-state index contributed by atoms with van der Waals surface area (Å²) in [6, 6.07) is 18.1. The van der Waals surface area contributed by atoms with Gasteiger partial charge in [-0.05, 0) is 39.0 Å². The molecular weight excluding hydrogens is 406 g/mol. The van der Waals surface area contributed by atoms with Crippen LogP contribution in [0.3, 0.4) is 0 Å². The van der Waals surface area contributed by atoms with Gasteiger partial charge in [-0.2, -0.15) is 0 Å². The van der Waals surface area contributed by atoms with Crippen LogP contribution in [0.5, 0.6) is 0 Å². The molecule has 4 aromatic rings. The summed E-state index contributed by atoms with van der Waals surface area (Å²) in [7, 11) is 0. The molecule has 0 radical (unpaired) electrons. The number of aromatic nitrogens is 4. The molecule has 0 atom stereocenters. The van der Waals surface area contributed by atoms with Crippen LogP contribution in [-0.2, 0) is 17.9 Å². The van der Waals surface area contributed by atoms with Gasteiger partial charge in [0.15, 0.2) is 11.0 Å². The zero-order valence-corrected chi connectivity index (χ0v) is 19.0. The second-order valence-electron chi connectivity index (χ2n) is 7.16. The van der Waals surface area contributed by atoms with Crippen molar-refractivity contribution in [3.63, 3.8) is 0 Å². The Morgan fingerprint density at radius 1 is 0.968 bits per heavy atom. The van der Waals surface area contributed by atoms with E-state index in [-0.39, 0.29) is 5.91 Å². The molecule has 2 aromatic heterocycles. The predicted octanol–water partition coefficient (Wildman–Crippen LogP) is 5.08. The number of thioether (sulfide) groups is 1. The number of carbonyl (C=O) groups is 1. The van der Waals surface area contributed by atoms with Gasteiger partial charge in [0.25, 0.3) is 0 Å². The van der Waals surface area contributed by atoms with E-state index in [0.29, 0.717) is 12.3 Å². The van der Waals surface area contributed by atoms with E-state index < -0.39 is 0 Å². The fraction of sp³-hybridized carbons (Fsp3) is 0.292. The SMILES string of the molecule is CCN(C(=O)CSc1nnc(-c2cn(CC)c3ccccc23)n1CC)c1ccccc1. The van der Waals surface area contributed by atoms with E-state index in [1.54, 1.807) is 4.90 Å². The number of anilines is 1. The van der Waals surface area contributed by atoms with Crippen LogP contribution in [0.4, 0.5) is 5.69 Å². The van der Waals surface area contributed by atoms with Crippen LogP contribution < -0.4 is 4.90 Å². The Morgan fingerprint density at radius 2 is 1.71 bits per heavy atom. The van der Waals surface area contributed by atoms with Crippen LogP contribution >= 0.6 is 11.8 Å². The van der Waals surface area contributed by atoms with E-state index in [4.69, 9.17) is 0 Å². The van der Waals surface area contributed by atoms with Gasteiger partial charge in [-0.1, -0.05) is 48.2 Å². The maximum atomic E-state index is 12.9. The lowest BCUT2D eigenvalue weighted by Crippen LogP contribution is -2.32. The summed E-state index contributed by atoms with van der Waals surface area (Å²) in [5.41, 5.74) is 3.18. The maximum Gasteiger partial charge on any atom is 0.237 e. The highest BCUT2D eigenvalue weighted by Gasteiger charge is 2.20. The van der Waals surface area contributed by atoms with Crippen molar-refractivity contribution < 1.29 is 4.79 Å². The first-order valence-electron chi connectivity index (χ1n) is 10.7. The smallest absolute Gasteiger partial charge is 0.237 e. The van der Waals surface area contributed by atoms with E-state index in [0.717, 1.165) is 35.3 Å². The van der Waals surface area contributed by atoms with Crippen molar-refractivity contribution >= 4 is 34.3 Å².